The molecule has 1 N–H and O–H groups in total. The zero-order valence-electron chi connectivity index (χ0n) is 12.7. The van der Waals surface area contributed by atoms with Crippen LogP contribution >= 0.6 is 0 Å². The van der Waals surface area contributed by atoms with Crippen molar-refractivity contribution in [1.29, 1.82) is 5.26 Å². The molecule has 2 aromatic carbocycles. The van der Waals surface area contributed by atoms with Crippen LogP contribution in [0.4, 0.5) is 5.69 Å². The number of aliphatic hydroxyl groups is 1. The number of anilines is 1. The van der Waals surface area contributed by atoms with E-state index in [4.69, 9.17) is 10.00 Å². The molecule has 1 amide bonds. The van der Waals surface area contributed by atoms with Gasteiger partial charge in [-0.15, -0.1) is 0 Å². The average Bonchev–Trinajstić information content (AvgIpc) is 2.61. The number of benzene rings is 2. The van der Waals surface area contributed by atoms with Crippen LogP contribution in [0.5, 0.6) is 5.75 Å². The SMILES string of the molecule is COc1ccc2c(c1)N(C(=O)c1cccc(C#N)c1)CCC2O. The first-order valence-corrected chi connectivity index (χ1v) is 7.32. The quantitative estimate of drug-likeness (QED) is 0.925. The molecule has 0 spiro atoms. The van der Waals surface area contributed by atoms with Gasteiger partial charge in [-0.25, -0.2) is 0 Å². The van der Waals surface area contributed by atoms with Crippen LogP contribution in [0.2, 0.25) is 0 Å². The maximum absolute atomic E-state index is 12.8. The molecule has 5 heteroatoms. The molecule has 0 saturated heterocycles. The van der Waals surface area contributed by atoms with Gasteiger partial charge in [-0.2, -0.15) is 5.26 Å². The summed E-state index contributed by atoms with van der Waals surface area (Å²) in [6.45, 7) is 0.414. The summed E-state index contributed by atoms with van der Waals surface area (Å²) in [4.78, 5) is 14.5. The number of hydrogen-bond donors (Lipinski definition) is 1. The van der Waals surface area contributed by atoms with Crippen LogP contribution in [-0.2, 0) is 0 Å². The molecule has 0 aromatic heterocycles. The molecule has 0 bridgehead atoms. The zero-order chi connectivity index (χ0) is 16.4. The summed E-state index contributed by atoms with van der Waals surface area (Å²) in [5.74, 6) is 0.435. The second-order valence-corrected chi connectivity index (χ2v) is 5.38. The van der Waals surface area contributed by atoms with Crippen molar-refractivity contribution >= 4 is 11.6 Å². The van der Waals surface area contributed by atoms with Gasteiger partial charge in [0.25, 0.3) is 5.91 Å². The van der Waals surface area contributed by atoms with Crippen molar-refractivity contribution in [1.82, 2.24) is 0 Å². The van der Waals surface area contributed by atoms with E-state index in [9.17, 15) is 9.90 Å². The number of hydrogen-bond acceptors (Lipinski definition) is 4. The third-order valence-corrected chi connectivity index (χ3v) is 4.00. The maximum Gasteiger partial charge on any atom is 0.258 e. The number of carbonyl (C=O) groups is 1. The Morgan fingerprint density at radius 2 is 2.17 bits per heavy atom. The predicted molar refractivity (Wildman–Crippen MR) is 85.4 cm³/mol. The Hall–Kier alpha value is -2.84. The smallest absolute Gasteiger partial charge is 0.258 e. The second-order valence-electron chi connectivity index (χ2n) is 5.38. The fourth-order valence-electron chi connectivity index (χ4n) is 2.78. The molecule has 116 valence electrons. The normalized spacial score (nSPS) is 16.4. The summed E-state index contributed by atoms with van der Waals surface area (Å²) in [7, 11) is 1.56. The largest absolute Gasteiger partial charge is 0.497 e. The van der Waals surface area contributed by atoms with E-state index in [1.165, 1.54) is 0 Å². The van der Waals surface area contributed by atoms with Gasteiger partial charge in [0, 0.05) is 23.7 Å². The van der Waals surface area contributed by atoms with Gasteiger partial charge in [0.1, 0.15) is 5.75 Å². The highest BCUT2D eigenvalue weighted by Crippen LogP contribution is 2.37. The number of nitriles is 1. The van der Waals surface area contributed by atoms with Gasteiger partial charge in [0.05, 0.1) is 30.5 Å². The van der Waals surface area contributed by atoms with Gasteiger partial charge >= 0.3 is 0 Å². The van der Waals surface area contributed by atoms with Crippen molar-refractivity contribution < 1.29 is 14.6 Å². The van der Waals surface area contributed by atoms with Crippen molar-refractivity contribution in [3.05, 3.63) is 59.2 Å². The number of amides is 1. The summed E-state index contributed by atoms with van der Waals surface area (Å²) in [6, 6.07) is 14.0. The lowest BCUT2D eigenvalue weighted by atomic mass is 9.97. The van der Waals surface area contributed by atoms with E-state index in [-0.39, 0.29) is 5.91 Å². The molecule has 1 aliphatic heterocycles. The Bertz CT molecular complexity index is 795. The third-order valence-electron chi connectivity index (χ3n) is 4.00. The second kappa shape index (κ2) is 6.11. The molecule has 3 rings (SSSR count). The molecule has 1 aliphatic rings. The third kappa shape index (κ3) is 2.77. The lowest BCUT2D eigenvalue weighted by Crippen LogP contribution is -2.36. The van der Waals surface area contributed by atoms with Crippen LogP contribution < -0.4 is 9.64 Å². The number of ether oxygens (including phenoxy) is 1. The molecule has 1 unspecified atom stereocenters. The van der Waals surface area contributed by atoms with Crippen molar-refractivity contribution in [2.24, 2.45) is 0 Å². The van der Waals surface area contributed by atoms with Crippen LogP contribution in [-0.4, -0.2) is 24.7 Å². The molecular formula is C18H16N2O3. The Morgan fingerprint density at radius 3 is 2.91 bits per heavy atom. The maximum atomic E-state index is 12.8. The number of fused-ring (bicyclic) bond motifs is 1. The number of carbonyl (C=O) groups excluding carboxylic acids is 1. The van der Waals surface area contributed by atoms with Crippen molar-refractivity contribution in [2.45, 2.75) is 12.5 Å². The minimum absolute atomic E-state index is 0.191. The highest BCUT2D eigenvalue weighted by Gasteiger charge is 2.28. The molecule has 0 fully saturated rings. The fraction of sp³-hybridized carbons (Fsp3) is 0.222. The minimum Gasteiger partial charge on any atom is -0.497 e. The van der Waals surface area contributed by atoms with Crippen LogP contribution in [0.3, 0.4) is 0 Å². The molecule has 0 aliphatic carbocycles. The minimum atomic E-state index is -0.592. The molecule has 5 nitrogen and oxygen atoms in total. The van der Waals surface area contributed by atoms with E-state index in [2.05, 4.69) is 0 Å². The Balaban J connectivity index is 2.02. The molecule has 0 radical (unpaired) electrons. The van der Waals surface area contributed by atoms with E-state index in [1.807, 2.05) is 6.07 Å². The molecular weight excluding hydrogens is 292 g/mol. The lowest BCUT2D eigenvalue weighted by molar-refractivity contribution is 0.0970. The number of aliphatic hydroxyl groups excluding tert-OH is 1. The summed E-state index contributed by atoms with van der Waals surface area (Å²) in [5.41, 5.74) is 2.25. The molecule has 2 aromatic rings. The molecule has 1 heterocycles. The van der Waals surface area contributed by atoms with Crippen LogP contribution in [0.1, 0.15) is 34.0 Å². The monoisotopic (exact) mass is 308 g/mol. The Morgan fingerprint density at radius 1 is 1.35 bits per heavy atom. The van der Waals surface area contributed by atoms with Gasteiger partial charge < -0.3 is 14.7 Å². The highest BCUT2D eigenvalue weighted by molar-refractivity contribution is 6.07. The summed E-state index contributed by atoms with van der Waals surface area (Å²) in [5, 5.41) is 19.1. The van der Waals surface area contributed by atoms with Gasteiger partial charge in [-0.1, -0.05) is 12.1 Å². The van der Waals surface area contributed by atoms with E-state index in [0.717, 1.165) is 0 Å². The zero-order valence-corrected chi connectivity index (χ0v) is 12.7. The molecule has 0 saturated carbocycles. The fourth-order valence-corrected chi connectivity index (χ4v) is 2.78. The van der Waals surface area contributed by atoms with Gasteiger partial charge in [-0.05, 0) is 30.7 Å². The van der Waals surface area contributed by atoms with E-state index < -0.39 is 6.10 Å². The summed E-state index contributed by atoms with van der Waals surface area (Å²) >= 11 is 0. The number of nitrogens with zero attached hydrogens (tertiary/aromatic N) is 2. The summed E-state index contributed by atoms with van der Waals surface area (Å²) < 4.78 is 5.22. The summed E-state index contributed by atoms with van der Waals surface area (Å²) in [6.07, 6.45) is -0.117. The van der Waals surface area contributed by atoms with Gasteiger partial charge in [-0.3, -0.25) is 4.79 Å². The highest BCUT2D eigenvalue weighted by atomic mass is 16.5. The Labute approximate surface area is 134 Å². The van der Waals surface area contributed by atoms with Crippen LogP contribution in [0.15, 0.2) is 42.5 Å². The average molecular weight is 308 g/mol. The van der Waals surface area contributed by atoms with E-state index in [0.29, 0.717) is 41.1 Å². The predicted octanol–water partition coefficient (Wildman–Crippen LogP) is 2.65. The molecule has 23 heavy (non-hydrogen) atoms. The Kier molecular flexibility index (Phi) is 4.00. The van der Waals surface area contributed by atoms with E-state index >= 15 is 0 Å². The first-order chi connectivity index (χ1) is 11.1. The van der Waals surface area contributed by atoms with Crippen molar-refractivity contribution in [3.63, 3.8) is 0 Å². The standard InChI is InChI=1S/C18H16N2O3/c1-23-14-5-6-15-16(10-14)20(8-7-17(15)21)18(22)13-4-2-3-12(9-13)11-19/h2-6,9-10,17,21H,7-8H2,1H3. The number of methoxy groups -OCH3 is 1. The van der Waals surface area contributed by atoms with Crippen LogP contribution in [0.25, 0.3) is 0 Å². The first-order valence-electron chi connectivity index (χ1n) is 7.32. The first kappa shape index (κ1) is 15.1. The van der Waals surface area contributed by atoms with Gasteiger partial charge in [0.15, 0.2) is 0 Å². The number of rotatable bonds is 2. The lowest BCUT2D eigenvalue weighted by Gasteiger charge is -2.32. The van der Waals surface area contributed by atoms with Crippen LogP contribution in [0, 0.1) is 11.3 Å². The molecule has 1 atom stereocenters. The topological polar surface area (TPSA) is 73.6 Å². The van der Waals surface area contributed by atoms with Crippen molar-refractivity contribution in [2.75, 3.05) is 18.6 Å². The van der Waals surface area contributed by atoms with Gasteiger partial charge in [0.2, 0.25) is 0 Å². The van der Waals surface area contributed by atoms with Crippen molar-refractivity contribution in [3.8, 4) is 11.8 Å². The van der Waals surface area contributed by atoms with E-state index in [1.54, 1.807) is 54.5 Å².